The Bertz CT molecular complexity index is 1440. The average Bonchev–Trinajstić information content (AvgIpc) is 3.50. The molecule has 1 aromatic heterocycles. The van der Waals surface area contributed by atoms with Gasteiger partial charge in [-0.25, -0.2) is 4.79 Å². The van der Waals surface area contributed by atoms with E-state index in [9.17, 15) is 9.59 Å². The maximum atomic E-state index is 11.9. The van der Waals surface area contributed by atoms with Gasteiger partial charge in [-0.05, 0) is 78.7 Å². The lowest BCUT2D eigenvalue weighted by molar-refractivity contribution is -0.140. The van der Waals surface area contributed by atoms with Crippen molar-refractivity contribution < 1.29 is 23.8 Å². The first-order valence-corrected chi connectivity index (χ1v) is 16.1. The Kier molecular flexibility index (Phi) is 13.4. The highest BCUT2D eigenvalue weighted by Gasteiger charge is 2.20. The third kappa shape index (κ3) is 10.9. The number of aryl methyl sites for hydroxylation is 2. The number of hydrogen-bond acceptors (Lipinski definition) is 7. The van der Waals surface area contributed by atoms with Crippen molar-refractivity contribution in [3.8, 4) is 0 Å². The summed E-state index contributed by atoms with van der Waals surface area (Å²) in [6, 6.07) is 30.6. The lowest BCUT2D eigenvalue weighted by Crippen LogP contribution is -2.30. The van der Waals surface area contributed by atoms with E-state index in [0.717, 1.165) is 52.6 Å². The summed E-state index contributed by atoms with van der Waals surface area (Å²) in [5.74, 6) is -0.557. The van der Waals surface area contributed by atoms with Gasteiger partial charge < -0.3 is 14.2 Å². The van der Waals surface area contributed by atoms with Crippen LogP contribution in [0.2, 0.25) is 4.34 Å². The van der Waals surface area contributed by atoms with Crippen molar-refractivity contribution >= 4 is 34.9 Å². The van der Waals surface area contributed by atoms with Crippen molar-refractivity contribution in [1.82, 2.24) is 4.90 Å². The first-order chi connectivity index (χ1) is 21.4. The normalized spacial score (nSPS) is 11.8. The van der Waals surface area contributed by atoms with Gasteiger partial charge in [-0.15, -0.1) is 11.3 Å². The second kappa shape index (κ2) is 17.7. The van der Waals surface area contributed by atoms with Crippen LogP contribution in [0, 0.1) is 0 Å². The summed E-state index contributed by atoms with van der Waals surface area (Å²) in [6.07, 6.45) is 3.76. The standard InChI is InChI=1S/C36H40ClNO5S/c1-41-35(39)10-6-7-23-38(24-29-17-19-31(20-18-29)36(40)42-2)25-32(33-21-22-34(37)44-33)43-26-30-15-13-28(14-16-30)12-11-27-8-4-3-5-9-27/h3-5,8-9,13-22,32H,6-7,10-12,23-26H2,1-2H3. The van der Waals surface area contributed by atoms with E-state index in [-0.39, 0.29) is 18.0 Å². The number of carbonyl (C=O) groups is 2. The van der Waals surface area contributed by atoms with E-state index in [1.54, 1.807) is 12.1 Å². The molecule has 1 atom stereocenters. The van der Waals surface area contributed by atoms with Gasteiger partial charge in [0.2, 0.25) is 0 Å². The van der Waals surface area contributed by atoms with Gasteiger partial charge in [-0.3, -0.25) is 9.69 Å². The molecular weight excluding hydrogens is 594 g/mol. The summed E-state index contributed by atoms with van der Waals surface area (Å²) >= 11 is 7.88. The molecule has 0 saturated heterocycles. The van der Waals surface area contributed by atoms with E-state index in [2.05, 4.69) is 53.4 Å². The SMILES string of the molecule is COC(=O)CCCCN(Cc1ccc(C(=O)OC)cc1)CC(OCc1ccc(CCc2ccccc2)cc1)c1ccc(Cl)s1. The molecule has 6 nitrogen and oxygen atoms in total. The summed E-state index contributed by atoms with van der Waals surface area (Å²) in [7, 11) is 2.79. The zero-order chi connectivity index (χ0) is 31.1. The molecule has 0 fully saturated rings. The molecule has 4 rings (SSSR count). The minimum atomic E-state index is -0.358. The Balaban J connectivity index is 1.42. The van der Waals surface area contributed by atoms with Crippen molar-refractivity contribution in [2.45, 2.75) is 51.4 Å². The van der Waals surface area contributed by atoms with E-state index in [4.69, 9.17) is 25.8 Å². The molecular formula is C36H40ClNO5S. The van der Waals surface area contributed by atoms with Crippen molar-refractivity contribution in [2.75, 3.05) is 27.3 Å². The summed E-state index contributed by atoms with van der Waals surface area (Å²) in [5.41, 5.74) is 5.34. The molecule has 44 heavy (non-hydrogen) atoms. The molecule has 0 aliphatic carbocycles. The summed E-state index contributed by atoms with van der Waals surface area (Å²) < 4.78 is 16.9. The Morgan fingerprint density at radius 2 is 1.43 bits per heavy atom. The number of benzene rings is 3. The molecule has 0 saturated carbocycles. The van der Waals surface area contributed by atoms with Gasteiger partial charge in [0.25, 0.3) is 0 Å². The van der Waals surface area contributed by atoms with Gasteiger partial charge in [0.15, 0.2) is 0 Å². The molecule has 0 aliphatic rings. The van der Waals surface area contributed by atoms with Crippen molar-refractivity contribution in [2.24, 2.45) is 0 Å². The van der Waals surface area contributed by atoms with Crippen molar-refractivity contribution in [3.63, 3.8) is 0 Å². The third-order valence-electron chi connectivity index (χ3n) is 7.47. The van der Waals surface area contributed by atoms with E-state index in [1.165, 1.54) is 36.7 Å². The molecule has 4 aromatic rings. The van der Waals surface area contributed by atoms with E-state index in [0.29, 0.717) is 31.7 Å². The Morgan fingerprint density at radius 1 is 0.773 bits per heavy atom. The molecule has 0 radical (unpaired) electrons. The molecule has 1 unspecified atom stereocenters. The number of hydrogen-bond donors (Lipinski definition) is 0. The van der Waals surface area contributed by atoms with Crippen LogP contribution in [0.4, 0.5) is 0 Å². The molecule has 1 heterocycles. The molecule has 0 aliphatic heterocycles. The van der Waals surface area contributed by atoms with Gasteiger partial charge in [-0.1, -0.05) is 78.3 Å². The van der Waals surface area contributed by atoms with Crippen LogP contribution in [0.25, 0.3) is 0 Å². The number of thiophene rings is 1. The highest BCUT2D eigenvalue weighted by Crippen LogP contribution is 2.31. The van der Waals surface area contributed by atoms with Crippen LogP contribution in [0.1, 0.15) is 62.9 Å². The molecule has 8 heteroatoms. The minimum absolute atomic E-state index is 0.194. The predicted molar refractivity (Wildman–Crippen MR) is 176 cm³/mol. The Hall–Kier alpha value is -3.49. The third-order valence-corrected chi connectivity index (χ3v) is 8.79. The monoisotopic (exact) mass is 633 g/mol. The number of halogens is 1. The van der Waals surface area contributed by atoms with E-state index < -0.39 is 0 Å². The van der Waals surface area contributed by atoms with Gasteiger partial charge in [0.05, 0.1) is 30.7 Å². The average molecular weight is 634 g/mol. The van der Waals surface area contributed by atoms with Crippen LogP contribution in [0.5, 0.6) is 0 Å². The number of unbranched alkanes of at least 4 members (excludes halogenated alkanes) is 1. The Morgan fingerprint density at radius 3 is 2.07 bits per heavy atom. The van der Waals surface area contributed by atoms with Crippen LogP contribution in [-0.4, -0.2) is 44.1 Å². The maximum absolute atomic E-state index is 11.9. The number of rotatable bonds is 17. The topological polar surface area (TPSA) is 65.1 Å². The zero-order valence-corrected chi connectivity index (χ0v) is 26.9. The van der Waals surface area contributed by atoms with E-state index in [1.807, 2.05) is 30.3 Å². The lowest BCUT2D eigenvalue weighted by Gasteiger charge is -2.27. The van der Waals surface area contributed by atoms with Crippen LogP contribution in [-0.2, 0) is 45.0 Å². The van der Waals surface area contributed by atoms with Gasteiger partial charge in [-0.2, -0.15) is 0 Å². The molecule has 3 aromatic carbocycles. The van der Waals surface area contributed by atoms with Crippen molar-refractivity contribution in [1.29, 1.82) is 0 Å². The lowest BCUT2D eigenvalue weighted by atomic mass is 10.0. The predicted octanol–water partition coefficient (Wildman–Crippen LogP) is 8.08. The first-order valence-electron chi connectivity index (χ1n) is 14.9. The number of ether oxygens (including phenoxy) is 3. The molecule has 0 amide bonds. The number of carbonyl (C=O) groups excluding carboxylic acids is 2. The van der Waals surface area contributed by atoms with Gasteiger partial charge in [0, 0.05) is 24.4 Å². The molecule has 0 N–H and O–H groups in total. The second-order valence-electron chi connectivity index (χ2n) is 10.7. The van der Waals surface area contributed by atoms with Gasteiger partial charge in [0.1, 0.15) is 6.10 Å². The largest absolute Gasteiger partial charge is 0.469 e. The second-order valence-corrected chi connectivity index (χ2v) is 12.4. The van der Waals surface area contributed by atoms with Crippen LogP contribution < -0.4 is 0 Å². The van der Waals surface area contributed by atoms with Gasteiger partial charge >= 0.3 is 11.9 Å². The Labute approximate surface area is 269 Å². The summed E-state index contributed by atoms with van der Waals surface area (Å²) in [4.78, 5) is 27.0. The first kappa shape index (κ1) is 33.4. The van der Waals surface area contributed by atoms with Crippen molar-refractivity contribution in [3.05, 3.63) is 128 Å². The summed E-state index contributed by atoms with van der Waals surface area (Å²) in [6.45, 7) is 2.55. The summed E-state index contributed by atoms with van der Waals surface area (Å²) in [5, 5.41) is 0. The number of nitrogens with zero attached hydrogens (tertiary/aromatic N) is 1. The van der Waals surface area contributed by atoms with E-state index >= 15 is 0 Å². The fraction of sp³-hybridized carbons (Fsp3) is 0.333. The van der Waals surface area contributed by atoms with Crippen LogP contribution in [0.15, 0.2) is 91.0 Å². The molecule has 232 valence electrons. The molecule has 0 bridgehead atoms. The fourth-order valence-electron chi connectivity index (χ4n) is 4.96. The molecule has 0 spiro atoms. The maximum Gasteiger partial charge on any atom is 0.337 e. The quantitative estimate of drug-likeness (QED) is 0.0865. The van der Waals surface area contributed by atoms with Crippen LogP contribution >= 0.6 is 22.9 Å². The zero-order valence-electron chi connectivity index (χ0n) is 25.4. The highest BCUT2D eigenvalue weighted by atomic mass is 35.5. The highest BCUT2D eigenvalue weighted by molar-refractivity contribution is 7.16. The number of methoxy groups -OCH3 is 2. The van der Waals surface area contributed by atoms with Crippen LogP contribution in [0.3, 0.4) is 0 Å². The fourth-order valence-corrected chi connectivity index (χ4v) is 6.06. The minimum Gasteiger partial charge on any atom is -0.469 e. The smallest absolute Gasteiger partial charge is 0.337 e. The number of esters is 2.